The first kappa shape index (κ1) is 13.6. The van der Waals surface area contributed by atoms with Crippen LogP contribution >= 0.6 is 11.6 Å². The number of rotatable bonds is 5. The molecule has 0 unspecified atom stereocenters. The number of carbonyl (C=O) groups excluding carboxylic acids is 2. The Kier molecular flexibility index (Phi) is 4.24. The van der Waals surface area contributed by atoms with Crippen LogP contribution < -0.4 is 10.1 Å². The van der Waals surface area contributed by atoms with Gasteiger partial charge in [0, 0.05) is 5.02 Å². The van der Waals surface area contributed by atoms with Crippen molar-refractivity contribution in [1.82, 2.24) is 10.2 Å². The molecule has 3 amide bonds. The van der Waals surface area contributed by atoms with E-state index in [0.717, 1.165) is 4.90 Å². The molecule has 2 N–H and O–H groups in total. The average Bonchev–Trinajstić information content (AvgIpc) is 2.70. The Labute approximate surface area is 114 Å². The maximum Gasteiger partial charge on any atom is 0.324 e. The van der Waals surface area contributed by atoms with E-state index in [1.807, 2.05) is 0 Å². The first-order valence-electron chi connectivity index (χ1n) is 5.71. The number of hydrogen-bond acceptors (Lipinski definition) is 4. The number of aliphatic hydroxyl groups is 1. The van der Waals surface area contributed by atoms with Gasteiger partial charge in [-0.05, 0) is 24.3 Å². The van der Waals surface area contributed by atoms with Crippen LogP contribution in [0.15, 0.2) is 24.3 Å². The Hall–Kier alpha value is -1.79. The lowest BCUT2D eigenvalue weighted by Gasteiger charge is -2.17. The molecule has 7 heteroatoms. The lowest BCUT2D eigenvalue weighted by atomic mass is 10.3. The van der Waals surface area contributed by atoms with Crippen LogP contribution in [-0.4, -0.2) is 47.7 Å². The van der Waals surface area contributed by atoms with Crippen LogP contribution in [-0.2, 0) is 4.79 Å². The Balaban J connectivity index is 1.81. The highest BCUT2D eigenvalue weighted by Gasteiger charge is 2.30. The molecule has 0 aliphatic carbocycles. The molecule has 1 aliphatic rings. The van der Waals surface area contributed by atoms with Crippen molar-refractivity contribution >= 4 is 23.5 Å². The Morgan fingerprint density at radius 2 is 2.05 bits per heavy atom. The van der Waals surface area contributed by atoms with Crippen molar-refractivity contribution < 1.29 is 19.4 Å². The molecule has 1 aromatic carbocycles. The summed E-state index contributed by atoms with van der Waals surface area (Å²) in [5.41, 5.74) is 0. The zero-order chi connectivity index (χ0) is 13.8. The molecule has 1 fully saturated rings. The highest BCUT2D eigenvalue weighted by molar-refractivity contribution is 6.30. The Morgan fingerprint density at radius 1 is 1.37 bits per heavy atom. The molecule has 1 aromatic rings. The minimum absolute atomic E-state index is 0.0152. The van der Waals surface area contributed by atoms with Crippen LogP contribution in [0.5, 0.6) is 5.75 Å². The summed E-state index contributed by atoms with van der Waals surface area (Å²) in [6.07, 6.45) is -0.941. The van der Waals surface area contributed by atoms with Crippen molar-refractivity contribution in [3.63, 3.8) is 0 Å². The number of carbonyl (C=O) groups is 2. The van der Waals surface area contributed by atoms with Gasteiger partial charge in [0.1, 0.15) is 18.5 Å². The highest BCUT2D eigenvalue weighted by atomic mass is 35.5. The molecule has 0 bridgehead atoms. The van der Waals surface area contributed by atoms with Gasteiger partial charge in [0.05, 0.1) is 13.1 Å². The SMILES string of the molecule is O=C1CNC(=O)N1C[C@@H](O)COc1ccc(Cl)cc1. The van der Waals surface area contributed by atoms with Crippen LogP contribution in [0, 0.1) is 0 Å². The topological polar surface area (TPSA) is 78.9 Å². The number of nitrogens with zero attached hydrogens (tertiary/aromatic N) is 1. The molecule has 2 rings (SSSR count). The molecule has 1 aliphatic heterocycles. The predicted molar refractivity (Wildman–Crippen MR) is 68.1 cm³/mol. The molecule has 0 saturated carbocycles. The number of aliphatic hydroxyl groups excluding tert-OH is 1. The molecular weight excluding hydrogens is 272 g/mol. The second-order valence-corrected chi connectivity index (χ2v) is 4.52. The van der Waals surface area contributed by atoms with Crippen LogP contribution in [0.2, 0.25) is 5.02 Å². The van der Waals surface area contributed by atoms with Crippen molar-refractivity contribution in [3.8, 4) is 5.75 Å². The molecule has 0 spiro atoms. The Morgan fingerprint density at radius 3 is 2.63 bits per heavy atom. The lowest BCUT2D eigenvalue weighted by Crippen LogP contribution is -2.39. The standard InChI is InChI=1S/C12H13ClN2O4/c13-8-1-3-10(4-2-8)19-7-9(16)6-15-11(17)5-14-12(15)18/h1-4,9,16H,5-7H2,(H,14,18)/t9-/m1/s1. The third kappa shape index (κ3) is 3.59. The quantitative estimate of drug-likeness (QED) is 0.778. The van der Waals surface area contributed by atoms with E-state index in [9.17, 15) is 14.7 Å². The number of amides is 3. The van der Waals surface area contributed by atoms with Gasteiger partial charge in [0.2, 0.25) is 5.91 Å². The summed E-state index contributed by atoms with van der Waals surface area (Å²) in [6, 6.07) is 6.18. The van der Waals surface area contributed by atoms with Gasteiger partial charge in [-0.2, -0.15) is 0 Å². The minimum atomic E-state index is -0.941. The summed E-state index contributed by atoms with van der Waals surface area (Å²) in [7, 11) is 0. The van der Waals surface area contributed by atoms with Crippen LogP contribution in [0.1, 0.15) is 0 Å². The summed E-state index contributed by atoms with van der Waals surface area (Å²) >= 11 is 5.73. The summed E-state index contributed by atoms with van der Waals surface area (Å²) in [4.78, 5) is 23.5. The van der Waals surface area contributed by atoms with E-state index in [1.165, 1.54) is 0 Å². The number of benzene rings is 1. The molecule has 1 atom stereocenters. The monoisotopic (exact) mass is 284 g/mol. The van der Waals surface area contributed by atoms with Crippen LogP contribution in [0.3, 0.4) is 0 Å². The molecule has 102 valence electrons. The van der Waals surface area contributed by atoms with E-state index in [4.69, 9.17) is 16.3 Å². The summed E-state index contributed by atoms with van der Waals surface area (Å²) in [6.45, 7) is -0.124. The number of halogens is 1. The average molecular weight is 285 g/mol. The number of nitrogens with one attached hydrogen (secondary N) is 1. The van der Waals surface area contributed by atoms with Gasteiger partial charge in [-0.25, -0.2) is 4.79 Å². The summed E-state index contributed by atoms with van der Waals surface area (Å²) < 4.78 is 5.33. The lowest BCUT2D eigenvalue weighted by molar-refractivity contribution is -0.126. The number of hydrogen-bond donors (Lipinski definition) is 2. The van der Waals surface area contributed by atoms with Crippen molar-refractivity contribution in [1.29, 1.82) is 0 Å². The fraction of sp³-hybridized carbons (Fsp3) is 0.333. The number of β-amino-alcohol motifs (C(OH)–C–C–N with tert-alkyl or cyclic N) is 1. The fourth-order valence-corrected chi connectivity index (χ4v) is 1.75. The molecule has 0 aromatic heterocycles. The predicted octanol–water partition coefficient (Wildman–Crippen LogP) is 0.631. The molecule has 0 radical (unpaired) electrons. The van der Waals surface area contributed by atoms with Gasteiger partial charge in [-0.15, -0.1) is 0 Å². The van der Waals surface area contributed by atoms with Crippen molar-refractivity contribution in [2.24, 2.45) is 0 Å². The number of ether oxygens (including phenoxy) is 1. The van der Waals surface area contributed by atoms with Crippen molar-refractivity contribution in [3.05, 3.63) is 29.3 Å². The van der Waals surface area contributed by atoms with E-state index in [-0.39, 0.29) is 25.6 Å². The van der Waals surface area contributed by atoms with E-state index in [0.29, 0.717) is 10.8 Å². The van der Waals surface area contributed by atoms with Gasteiger partial charge in [0.15, 0.2) is 0 Å². The highest BCUT2D eigenvalue weighted by Crippen LogP contribution is 2.15. The molecule has 19 heavy (non-hydrogen) atoms. The zero-order valence-electron chi connectivity index (χ0n) is 10.0. The molecular formula is C12H13ClN2O4. The summed E-state index contributed by atoms with van der Waals surface area (Å²) in [5.74, 6) is 0.205. The van der Waals surface area contributed by atoms with Gasteiger partial charge < -0.3 is 15.2 Å². The van der Waals surface area contributed by atoms with E-state index in [1.54, 1.807) is 24.3 Å². The summed E-state index contributed by atoms with van der Waals surface area (Å²) in [5, 5.41) is 12.7. The zero-order valence-corrected chi connectivity index (χ0v) is 10.8. The number of urea groups is 1. The van der Waals surface area contributed by atoms with Crippen LogP contribution in [0.25, 0.3) is 0 Å². The van der Waals surface area contributed by atoms with E-state index >= 15 is 0 Å². The largest absolute Gasteiger partial charge is 0.491 e. The van der Waals surface area contributed by atoms with Gasteiger partial charge in [0.25, 0.3) is 0 Å². The maximum atomic E-state index is 11.3. The van der Waals surface area contributed by atoms with E-state index < -0.39 is 12.1 Å². The first-order chi connectivity index (χ1) is 9.06. The molecule has 6 nitrogen and oxygen atoms in total. The maximum absolute atomic E-state index is 11.3. The van der Waals surface area contributed by atoms with Crippen molar-refractivity contribution in [2.45, 2.75) is 6.10 Å². The van der Waals surface area contributed by atoms with E-state index in [2.05, 4.69) is 5.32 Å². The first-order valence-corrected chi connectivity index (χ1v) is 6.08. The smallest absolute Gasteiger partial charge is 0.324 e. The fourth-order valence-electron chi connectivity index (χ4n) is 1.63. The number of imide groups is 1. The normalized spacial score (nSPS) is 16.4. The van der Waals surface area contributed by atoms with Crippen molar-refractivity contribution in [2.75, 3.05) is 19.7 Å². The third-order valence-electron chi connectivity index (χ3n) is 2.59. The van der Waals surface area contributed by atoms with Crippen LogP contribution in [0.4, 0.5) is 4.79 Å². The second kappa shape index (κ2) is 5.90. The second-order valence-electron chi connectivity index (χ2n) is 4.08. The third-order valence-corrected chi connectivity index (χ3v) is 2.84. The molecule has 1 heterocycles. The Bertz CT molecular complexity index is 461. The van der Waals surface area contributed by atoms with Gasteiger partial charge in [-0.3, -0.25) is 9.69 Å². The minimum Gasteiger partial charge on any atom is -0.491 e. The molecule has 1 saturated heterocycles. The van der Waals surface area contributed by atoms with Gasteiger partial charge >= 0.3 is 6.03 Å². The van der Waals surface area contributed by atoms with Gasteiger partial charge in [-0.1, -0.05) is 11.6 Å².